The molecule has 0 saturated carbocycles. The van der Waals surface area contributed by atoms with Crippen molar-refractivity contribution in [2.24, 2.45) is 0 Å². The van der Waals surface area contributed by atoms with Crippen molar-refractivity contribution in [2.45, 2.75) is 77.0 Å². The smallest absolute Gasteiger partial charge is 0.0468 e. The number of para-hydroxylation sites is 2. The minimum absolute atomic E-state index is 0.0927. The molecule has 458 valence electrons. The van der Waals surface area contributed by atoms with Gasteiger partial charge in [-0.1, -0.05) is 250 Å². The van der Waals surface area contributed by atoms with Gasteiger partial charge in [-0.3, -0.25) is 0 Å². The Balaban J connectivity index is 0.834. The second kappa shape index (κ2) is 20.2. The van der Waals surface area contributed by atoms with Crippen molar-refractivity contribution >= 4 is 77.2 Å². The van der Waals surface area contributed by atoms with E-state index in [9.17, 15) is 0 Å². The van der Waals surface area contributed by atoms with E-state index in [-0.39, 0.29) is 21.7 Å². The van der Waals surface area contributed by atoms with Gasteiger partial charge < -0.3 is 9.80 Å². The molecule has 0 unspecified atom stereocenters. The predicted octanol–water partition coefficient (Wildman–Crippen LogP) is 25.8. The third-order valence-electron chi connectivity index (χ3n) is 23.0. The molecular formula is C94H72N2. The largest absolute Gasteiger partial charge is 0.310 e. The van der Waals surface area contributed by atoms with Gasteiger partial charge in [0.05, 0.1) is 0 Å². The number of rotatable bonds is 8. The Morgan fingerprint density at radius 3 is 0.875 bits per heavy atom. The summed E-state index contributed by atoms with van der Waals surface area (Å²) in [6.07, 6.45) is 0. The highest BCUT2D eigenvalue weighted by atomic mass is 15.1. The molecule has 4 aliphatic rings. The Bertz CT molecular complexity index is 5470. The Kier molecular flexibility index (Phi) is 11.9. The molecule has 0 aliphatic heterocycles. The molecule has 0 atom stereocenters. The second-order valence-corrected chi connectivity index (χ2v) is 29.5. The number of anilines is 6. The standard InChI is InChI=1S/C94H72N2/c1-91(2)81-39-21-19-35-67(81)75-53-87-77(55-85(75)91)69-45-41-63(51-83(69)93(87,5)6)95(59-29-11-9-12-30-59)61-43-47-73-79(49-61)89(71-37-23-27-57-25-15-17-33-65(57)71)74-48-44-62(50-80(74)90(73)72-38-24-28-58-26-16-18-34-66(58)72)96(60-31-13-10-14-32-60)64-42-46-70-78-56-86-76(54-88(78)94(7,8)84(70)52-64)68-36-20-22-40-82(68)92(86,3)4/h9-56H,1-8H3. The van der Waals surface area contributed by atoms with Gasteiger partial charge in [0.1, 0.15) is 0 Å². The fourth-order valence-electron chi connectivity index (χ4n) is 18.1. The summed E-state index contributed by atoms with van der Waals surface area (Å²) in [6, 6.07) is 111. The quantitative estimate of drug-likeness (QED) is 0.140. The lowest BCUT2D eigenvalue weighted by molar-refractivity contribution is 0.652. The van der Waals surface area contributed by atoms with Crippen LogP contribution in [0.25, 0.3) is 110 Å². The van der Waals surface area contributed by atoms with E-state index in [1.54, 1.807) is 0 Å². The summed E-state index contributed by atoms with van der Waals surface area (Å²) < 4.78 is 0. The van der Waals surface area contributed by atoms with Gasteiger partial charge >= 0.3 is 0 Å². The number of hydrogen-bond donors (Lipinski definition) is 0. The molecule has 2 nitrogen and oxygen atoms in total. The normalized spacial score (nSPS) is 15.0. The first-order valence-corrected chi connectivity index (χ1v) is 34.2. The van der Waals surface area contributed by atoms with Crippen LogP contribution in [0.5, 0.6) is 0 Å². The zero-order valence-electron chi connectivity index (χ0n) is 55.6. The highest BCUT2D eigenvalue weighted by Gasteiger charge is 2.44. The third-order valence-corrected chi connectivity index (χ3v) is 23.0. The van der Waals surface area contributed by atoms with Crippen LogP contribution in [0.4, 0.5) is 34.1 Å². The van der Waals surface area contributed by atoms with Crippen molar-refractivity contribution in [1.29, 1.82) is 0 Å². The van der Waals surface area contributed by atoms with Crippen LogP contribution in [0, 0.1) is 0 Å². The summed E-state index contributed by atoms with van der Waals surface area (Å²) in [5, 5.41) is 9.64. The lowest BCUT2D eigenvalue weighted by Crippen LogP contribution is -2.17. The minimum Gasteiger partial charge on any atom is -0.310 e. The van der Waals surface area contributed by atoms with E-state index < -0.39 is 0 Å². The van der Waals surface area contributed by atoms with Crippen molar-refractivity contribution in [1.82, 2.24) is 0 Å². The molecule has 15 aromatic rings. The van der Waals surface area contributed by atoms with Crippen molar-refractivity contribution in [3.05, 3.63) is 336 Å². The van der Waals surface area contributed by atoms with Gasteiger partial charge in [-0.2, -0.15) is 0 Å². The summed E-state index contributed by atoms with van der Waals surface area (Å²) >= 11 is 0. The summed E-state index contributed by atoms with van der Waals surface area (Å²) in [7, 11) is 0. The molecule has 4 aliphatic carbocycles. The molecule has 96 heavy (non-hydrogen) atoms. The van der Waals surface area contributed by atoms with Crippen LogP contribution in [0.2, 0.25) is 0 Å². The Hall–Kier alpha value is -11.1. The highest BCUT2D eigenvalue weighted by molar-refractivity contribution is 6.26. The molecular weight excluding hydrogens is 1160 g/mol. The zero-order valence-corrected chi connectivity index (χ0v) is 55.6. The van der Waals surface area contributed by atoms with Crippen molar-refractivity contribution in [3.63, 3.8) is 0 Å². The second-order valence-electron chi connectivity index (χ2n) is 29.5. The van der Waals surface area contributed by atoms with Crippen molar-refractivity contribution in [2.75, 3.05) is 9.80 Å². The van der Waals surface area contributed by atoms with Gasteiger partial charge in [-0.15, -0.1) is 0 Å². The lowest BCUT2D eigenvalue weighted by Gasteiger charge is -2.30. The predicted molar refractivity (Wildman–Crippen MR) is 407 cm³/mol. The molecule has 0 spiro atoms. The van der Waals surface area contributed by atoms with E-state index in [4.69, 9.17) is 0 Å². The minimum atomic E-state index is -0.249. The van der Waals surface area contributed by atoms with Gasteiger partial charge in [0.25, 0.3) is 0 Å². The Morgan fingerprint density at radius 2 is 0.469 bits per heavy atom. The topological polar surface area (TPSA) is 6.48 Å². The molecule has 0 saturated heterocycles. The highest BCUT2D eigenvalue weighted by Crippen LogP contribution is 2.60. The number of fused-ring (bicyclic) bond motifs is 16. The van der Waals surface area contributed by atoms with Crippen molar-refractivity contribution < 1.29 is 0 Å². The van der Waals surface area contributed by atoms with Gasteiger partial charge in [0, 0.05) is 55.8 Å². The van der Waals surface area contributed by atoms with Crippen LogP contribution < -0.4 is 9.80 Å². The maximum Gasteiger partial charge on any atom is 0.0468 e. The third kappa shape index (κ3) is 7.93. The van der Waals surface area contributed by atoms with Crippen LogP contribution in [0.1, 0.15) is 99.9 Å². The van der Waals surface area contributed by atoms with E-state index in [0.717, 1.165) is 34.1 Å². The van der Waals surface area contributed by atoms with Gasteiger partial charge in [0.15, 0.2) is 0 Å². The first-order chi connectivity index (χ1) is 46.6. The molecule has 0 radical (unpaired) electrons. The number of benzene rings is 15. The molecule has 0 amide bonds. The maximum absolute atomic E-state index is 2.53. The average Bonchev–Trinajstić information content (AvgIpc) is 1.45. The monoisotopic (exact) mass is 1230 g/mol. The molecule has 0 fully saturated rings. The zero-order chi connectivity index (χ0) is 64.7. The van der Waals surface area contributed by atoms with E-state index >= 15 is 0 Å². The van der Waals surface area contributed by atoms with Gasteiger partial charge in [-0.05, 0) is 251 Å². The van der Waals surface area contributed by atoms with Crippen LogP contribution >= 0.6 is 0 Å². The number of hydrogen-bond acceptors (Lipinski definition) is 2. The molecule has 0 heterocycles. The fraction of sp³-hybridized carbons (Fsp3) is 0.128. The summed E-state index contributed by atoms with van der Waals surface area (Å²) in [6.45, 7) is 19.3. The Labute approximate surface area is 563 Å². The van der Waals surface area contributed by atoms with Crippen LogP contribution in [0.3, 0.4) is 0 Å². The van der Waals surface area contributed by atoms with Crippen LogP contribution in [-0.2, 0) is 21.7 Å². The van der Waals surface area contributed by atoms with Crippen molar-refractivity contribution in [3.8, 4) is 66.8 Å². The first-order valence-electron chi connectivity index (χ1n) is 34.2. The average molecular weight is 1230 g/mol. The summed E-state index contributed by atoms with van der Waals surface area (Å²) in [5.41, 5.74) is 32.7. The molecule has 0 N–H and O–H groups in total. The lowest BCUT2D eigenvalue weighted by atomic mass is 9.79. The molecule has 0 bridgehead atoms. The van der Waals surface area contributed by atoms with Gasteiger partial charge in [0.2, 0.25) is 0 Å². The molecule has 19 rings (SSSR count). The SMILES string of the molecule is CC1(C)c2ccccc2-c2cc3c(cc21)-c1ccc(N(c2ccccc2)c2ccc4c(-c5cccc6ccccc56)c5cc(N(c6ccccc6)c6ccc7c(c6)C(C)(C)c6cc8c(cc6-7)C(C)(C)c6ccccc6-8)ccc5c(-c5cccc6ccccc56)c4c2)cc1C3(C)C. The van der Waals surface area contributed by atoms with E-state index in [0.29, 0.717) is 0 Å². The molecule has 15 aromatic carbocycles. The fourth-order valence-corrected chi connectivity index (χ4v) is 18.1. The Morgan fingerprint density at radius 1 is 0.177 bits per heavy atom. The van der Waals surface area contributed by atoms with E-state index in [2.05, 4.69) is 356 Å². The molecule has 2 heteroatoms. The summed E-state index contributed by atoms with van der Waals surface area (Å²) in [4.78, 5) is 4.99. The first kappa shape index (κ1) is 56.5. The maximum atomic E-state index is 2.53. The van der Waals surface area contributed by atoms with Crippen LogP contribution in [0.15, 0.2) is 291 Å². The van der Waals surface area contributed by atoms with Gasteiger partial charge in [-0.25, -0.2) is 0 Å². The van der Waals surface area contributed by atoms with E-state index in [1.807, 2.05) is 0 Å². The van der Waals surface area contributed by atoms with Crippen LogP contribution in [-0.4, -0.2) is 0 Å². The summed E-state index contributed by atoms with van der Waals surface area (Å²) in [5.74, 6) is 0. The molecule has 0 aromatic heterocycles. The van der Waals surface area contributed by atoms with E-state index in [1.165, 1.54) is 154 Å². The number of nitrogens with zero attached hydrogens (tertiary/aromatic N) is 2.